The Morgan fingerprint density at radius 3 is 2.33 bits per heavy atom. The predicted molar refractivity (Wildman–Crippen MR) is 109 cm³/mol. The summed E-state index contributed by atoms with van der Waals surface area (Å²) in [5.74, 6) is 3.59. The molecule has 1 heterocycles. The molecule has 4 nitrogen and oxygen atoms in total. The van der Waals surface area contributed by atoms with Gasteiger partial charge in [-0.1, -0.05) is 67.4 Å². The quantitative estimate of drug-likeness (QED) is 0.507. The van der Waals surface area contributed by atoms with Crippen LogP contribution in [0.2, 0.25) is 0 Å². The van der Waals surface area contributed by atoms with Crippen LogP contribution in [0.25, 0.3) is 5.69 Å². The van der Waals surface area contributed by atoms with E-state index in [9.17, 15) is 0 Å². The van der Waals surface area contributed by atoms with Crippen LogP contribution in [-0.4, -0.2) is 20.5 Å². The highest BCUT2D eigenvalue weighted by atomic mass is 32.2. The highest BCUT2D eigenvalue weighted by molar-refractivity contribution is 7.99. The molecule has 0 radical (unpaired) electrons. The van der Waals surface area contributed by atoms with Crippen molar-refractivity contribution in [2.24, 2.45) is 5.92 Å². The van der Waals surface area contributed by atoms with Crippen molar-refractivity contribution in [3.05, 3.63) is 66.5 Å². The van der Waals surface area contributed by atoms with Gasteiger partial charge in [-0.3, -0.25) is 4.57 Å². The number of ether oxygens (including phenoxy) is 1. The third-order valence-corrected chi connectivity index (χ3v) is 6.16. The van der Waals surface area contributed by atoms with Gasteiger partial charge in [0.1, 0.15) is 12.4 Å². The first-order chi connectivity index (χ1) is 13.4. The standard InChI is InChI=1S/C22H25N3OS/c1-4-10-18(11-5-1)17-27-22-24-23-21(16-26-20-14-8-3-9-15-20)25(22)19-12-6-2-7-13-19/h2-3,6-9,12-15,18H,1,4-5,10-11,16-17H2. The Kier molecular flexibility index (Phi) is 6.10. The van der Waals surface area contributed by atoms with Crippen molar-refractivity contribution in [3.63, 3.8) is 0 Å². The molecule has 4 rings (SSSR count). The van der Waals surface area contributed by atoms with Crippen LogP contribution in [0.1, 0.15) is 37.9 Å². The van der Waals surface area contributed by atoms with Gasteiger partial charge < -0.3 is 4.74 Å². The minimum atomic E-state index is 0.399. The van der Waals surface area contributed by atoms with Gasteiger partial charge in [0.2, 0.25) is 0 Å². The molecule has 0 atom stereocenters. The van der Waals surface area contributed by atoms with E-state index >= 15 is 0 Å². The van der Waals surface area contributed by atoms with Gasteiger partial charge in [-0.05, 0) is 43.0 Å². The maximum atomic E-state index is 5.93. The van der Waals surface area contributed by atoms with Crippen molar-refractivity contribution in [2.45, 2.75) is 43.9 Å². The zero-order chi connectivity index (χ0) is 18.3. The summed E-state index contributed by atoms with van der Waals surface area (Å²) in [4.78, 5) is 0. The first-order valence-electron chi connectivity index (χ1n) is 9.70. The summed E-state index contributed by atoms with van der Waals surface area (Å²) >= 11 is 1.82. The summed E-state index contributed by atoms with van der Waals surface area (Å²) in [6, 6.07) is 20.2. The molecule has 140 valence electrons. The van der Waals surface area contributed by atoms with Gasteiger partial charge in [0.15, 0.2) is 11.0 Å². The highest BCUT2D eigenvalue weighted by Crippen LogP contribution is 2.30. The minimum absolute atomic E-state index is 0.399. The van der Waals surface area contributed by atoms with E-state index in [1.807, 2.05) is 60.3 Å². The SMILES string of the molecule is c1ccc(OCc2nnc(SCC3CCCCC3)n2-c2ccccc2)cc1. The highest BCUT2D eigenvalue weighted by Gasteiger charge is 2.18. The Morgan fingerprint density at radius 1 is 0.889 bits per heavy atom. The Morgan fingerprint density at radius 2 is 1.59 bits per heavy atom. The Hall–Kier alpha value is -2.27. The number of thioether (sulfide) groups is 1. The summed E-state index contributed by atoms with van der Waals surface area (Å²) < 4.78 is 8.06. The lowest BCUT2D eigenvalue weighted by Crippen LogP contribution is -2.10. The van der Waals surface area contributed by atoms with Gasteiger partial charge in [-0.15, -0.1) is 10.2 Å². The number of para-hydroxylation sites is 2. The van der Waals surface area contributed by atoms with E-state index < -0.39 is 0 Å². The van der Waals surface area contributed by atoms with E-state index in [0.29, 0.717) is 6.61 Å². The third-order valence-electron chi connectivity index (χ3n) is 5.00. The molecule has 1 aromatic heterocycles. The van der Waals surface area contributed by atoms with E-state index in [1.54, 1.807) is 0 Å². The maximum Gasteiger partial charge on any atom is 0.195 e. The van der Waals surface area contributed by atoms with Crippen LogP contribution in [0.5, 0.6) is 5.75 Å². The second kappa shape index (κ2) is 9.09. The zero-order valence-corrected chi connectivity index (χ0v) is 16.3. The first kappa shape index (κ1) is 18.1. The number of nitrogens with zero attached hydrogens (tertiary/aromatic N) is 3. The molecule has 2 aromatic carbocycles. The molecule has 1 aliphatic rings. The van der Waals surface area contributed by atoms with Crippen LogP contribution in [0.3, 0.4) is 0 Å². The molecule has 0 bridgehead atoms. The van der Waals surface area contributed by atoms with E-state index in [-0.39, 0.29) is 0 Å². The fourth-order valence-corrected chi connectivity index (χ4v) is 4.69. The van der Waals surface area contributed by atoms with Crippen LogP contribution in [0, 0.1) is 5.92 Å². The summed E-state index contributed by atoms with van der Waals surface area (Å²) in [5, 5.41) is 9.88. The van der Waals surface area contributed by atoms with Gasteiger partial charge in [0.05, 0.1) is 0 Å². The van der Waals surface area contributed by atoms with Crippen LogP contribution in [0.4, 0.5) is 0 Å². The van der Waals surface area contributed by atoms with Gasteiger partial charge >= 0.3 is 0 Å². The van der Waals surface area contributed by atoms with Crippen molar-refractivity contribution in [3.8, 4) is 11.4 Å². The molecule has 1 fully saturated rings. The molecule has 3 aromatic rings. The monoisotopic (exact) mass is 379 g/mol. The van der Waals surface area contributed by atoms with Gasteiger partial charge in [-0.25, -0.2) is 0 Å². The minimum Gasteiger partial charge on any atom is -0.486 e. The van der Waals surface area contributed by atoms with Gasteiger partial charge in [-0.2, -0.15) is 0 Å². The van der Waals surface area contributed by atoms with E-state index in [2.05, 4.69) is 26.9 Å². The second-order valence-electron chi connectivity index (χ2n) is 6.99. The van der Waals surface area contributed by atoms with E-state index in [4.69, 9.17) is 4.74 Å². The van der Waals surface area contributed by atoms with Crippen molar-refractivity contribution in [1.82, 2.24) is 14.8 Å². The molecule has 27 heavy (non-hydrogen) atoms. The molecule has 0 unspecified atom stereocenters. The van der Waals surface area contributed by atoms with E-state index in [0.717, 1.165) is 34.1 Å². The van der Waals surface area contributed by atoms with Crippen molar-refractivity contribution in [2.75, 3.05) is 5.75 Å². The lowest BCUT2D eigenvalue weighted by molar-refractivity contribution is 0.293. The number of hydrogen-bond acceptors (Lipinski definition) is 4. The van der Waals surface area contributed by atoms with Crippen LogP contribution >= 0.6 is 11.8 Å². The maximum absolute atomic E-state index is 5.93. The number of benzene rings is 2. The molecule has 0 N–H and O–H groups in total. The lowest BCUT2D eigenvalue weighted by Gasteiger charge is -2.20. The van der Waals surface area contributed by atoms with E-state index in [1.165, 1.54) is 32.1 Å². The third kappa shape index (κ3) is 4.72. The van der Waals surface area contributed by atoms with Gasteiger partial charge in [0, 0.05) is 11.4 Å². The van der Waals surface area contributed by atoms with Crippen LogP contribution in [-0.2, 0) is 6.61 Å². The molecule has 1 aliphatic carbocycles. The second-order valence-corrected chi connectivity index (χ2v) is 7.97. The molecule has 0 aliphatic heterocycles. The number of aromatic nitrogens is 3. The zero-order valence-electron chi connectivity index (χ0n) is 15.5. The topological polar surface area (TPSA) is 39.9 Å². The summed E-state index contributed by atoms with van der Waals surface area (Å²) in [5.41, 5.74) is 1.08. The smallest absolute Gasteiger partial charge is 0.195 e. The molecule has 0 spiro atoms. The average molecular weight is 380 g/mol. The van der Waals surface area contributed by atoms with Crippen molar-refractivity contribution in [1.29, 1.82) is 0 Å². The Bertz CT molecular complexity index is 829. The normalized spacial score (nSPS) is 15.0. The fourth-order valence-electron chi connectivity index (χ4n) is 3.53. The summed E-state index contributed by atoms with van der Waals surface area (Å²) in [7, 11) is 0. The molecular weight excluding hydrogens is 354 g/mol. The van der Waals surface area contributed by atoms with Crippen molar-refractivity contribution >= 4 is 11.8 Å². The lowest BCUT2D eigenvalue weighted by atomic mass is 9.91. The van der Waals surface area contributed by atoms with Crippen LogP contribution in [0.15, 0.2) is 65.8 Å². The molecule has 0 saturated heterocycles. The first-order valence-corrected chi connectivity index (χ1v) is 10.7. The Labute approximate surface area is 165 Å². The van der Waals surface area contributed by atoms with Crippen LogP contribution < -0.4 is 4.74 Å². The number of hydrogen-bond donors (Lipinski definition) is 0. The largest absolute Gasteiger partial charge is 0.486 e. The van der Waals surface area contributed by atoms with Crippen molar-refractivity contribution < 1.29 is 4.74 Å². The fraction of sp³-hybridized carbons (Fsp3) is 0.364. The predicted octanol–water partition coefficient (Wildman–Crippen LogP) is 5.52. The average Bonchev–Trinajstić information content (AvgIpc) is 3.16. The summed E-state index contributed by atoms with van der Waals surface area (Å²) in [6.45, 7) is 0.399. The molecule has 0 amide bonds. The molecule has 5 heteroatoms. The van der Waals surface area contributed by atoms with Gasteiger partial charge in [0.25, 0.3) is 0 Å². The Balaban J connectivity index is 1.52. The number of rotatable bonds is 7. The molecular formula is C22H25N3OS. The summed E-state index contributed by atoms with van der Waals surface area (Å²) in [6.07, 6.45) is 6.81. The molecule has 1 saturated carbocycles.